The van der Waals surface area contributed by atoms with Crippen molar-refractivity contribution >= 4 is 8.47 Å². The Balaban J connectivity index is 2.54. The van der Waals surface area contributed by atoms with Gasteiger partial charge in [-0.2, -0.15) is 0 Å². The average molecular weight is 140 g/mol. The van der Waals surface area contributed by atoms with Crippen LogP contribution in [0.15, 0.2) is 0 Å². The van der Waals surface area contributed by atoms with E-state index in [1.165, 1.54) is 0 Å². The maximum atomic E-state index is 2.34. The molecule has 0 atom stereocenters. The van der Waals surface area contributed by atoms with Gasteiger partial charge in [0.2, 0.25) is 0 Å². The fraction of sp³-hybridized carbons (Fsp3) is 1.00. The molecule has 0 fully saturated rings. The van der Waals surface area contributed by atoms with Gasteiger partial charge in [-0.3, -0.25) is 0 Å². The second-order valence-corrected chi connectivity index (χ2v) is 11.2. The SMILES string of the molecule is C[CH](C)[Zn][SiH3]. The van der Waals surface area contributed by atoms with Crippen LogP contribution in [0.5, 0.6) is 0 Å². The summed E-state index contributed by atoms with van der Waals surface area (Å²) in [6.45, 7) is 4.68. The van der Waals surface area contributed by atoms with Crippen molar-refractivity contribution in [2.75, 3.05) is 0 Å². The van der Waals surface area contributed by atoms with Crippen LogP contribution in [-0.4, -0.2) is 8.47 Å². The Morgan fingerprint density at radius 1 is 1.60 bits per heavy atom. The molecular formula is C3H10SiZn. The Labute approximate surface area is 43.7 Å². The van der Waals surface area contributed by atoms with Crippen LogP contribution >= 0.6 is 0 Å². The molecule has 0 spiro atoms. The molecule has 0 aromatic rings. The second-order valence-electron chi connectivity index (χ2n) is 1.80. The zero-order chi connectivity index (χ0) is 4.28. The molecule has 0 nitrogen and oxygen atoms in total. The Bertz CT molecular complexity index is 20.9. The molecule has 0 aromatic heterocycles. The van der Waals surface area contributed by atoms with E-state index in [-0.39, 0.29) is 16.4 Å². The molecule has 0 N–H and O–H groups in total. The Morgan fingerprint density at radius 3 is 1.80 bits per heavy atom. The van der Waals surface area contributed by atoms with Crippen LogP contribution in [0.4, 0.5) is 0 Å². The molecule has 2 heteroatoms. The van der Waals surface area contributed by atoms with Gasteiger partial charge in [0, 0.05) is 0 Å². The van der Waals surface area contributed by atoms with E-state index in [0.717, 1.165) is 4.51 Å². The van der Waals surface area contributed by atoms with Gasteiger partial charge in [0.1, 0.15) is 0 Å². The topological polar surface area (TPSA) is 0 Å². The predicted molar refractivity (Wildman–Crippen MR) is 25.0 cm³/mol. The molecule has 5 heavy (non-hydrogen) atoms. The van der Waals surface area contributed by atoms with E-state index in [2.05, 4.69) is 13.8 Å². The third-order valence-corrected chi connectivity index (χ3v) is 12.7. The summed E-state index contributed by atoms with van der Waals surface area (Å²) in [6.07, 6.45) is 0. The van der Waals surface area contributed by atoms with E-state index in [1.54, 1.807) is 8.47 Å². The molecule has 0 saturated carbocycles. The summed E-state index contributed by atoms with van der Waals surface area (Å²) < 4.78 is 1.13. The summed E-state index contributed by atoms with van der Waals surface area (Å²) in [5.74, 6) is 0. The zero-order valence-corrected chi connectivity index (χ0v) is 9.25. The molecule has 0 bridgehead atoms. The summed E-state index contributed by atoms with van der Waals surface area (Å²) in [4.78, 5) is 0. The summed E-state index contributed by atoms with van der Waals surface area (Å²) >= 11 is 0.153. The molecule has 0 aliphatic carbocycles. The van der Waals surface area contributed by atoms with Gasteiger partial charge in [-0.25, -0.2) is 0 Å². The van der Waals surface area contributed by atoms with Crippen molar-refractivity contribution in [2.24, 2.45) is 0 Å². The van der Waals surface area contributed by atoms with Crippen molar-refractivity contribution in [1.82, 2.24) is 0 Å². The molecule has 28 valence electrons. The zero-order valence-electron chi connectivity index (χ0n) is 4.28. The summed E-state index contributed by atoms with van der Waals surface area (Å²) in [5.41, 5.74) is 0. The van der Waals surface area contributed by atoms with E-state index in [1.807, 2.05) is 0 Å². The van der Waals surface area contributed by atoms with Gasteiger partial charge in [0.15, 0.2) is 0 Å². The van der Waals surface area contributed by atoms with Crippen molar-refractivity contribution < 1.29 is 16.4 Å². The van der Waals surface area contributed by atoms with Crippen LogP contribution in [0, 0.1) is 0 Å². The monoisotopic (exact) mass is 138 g/mol. The normalized spacial score (nSPS) is 8.60. The quantitative estimate of drug-likeness (QED) is 0.455. The number of hydrogen-bond donors (Lipinski definition) is 0. The fourth-order valence-corrected chi connectivity index (χ4v) is 0. The molecule has 0 rings (SSSR count). The summed E-state index contributed by atoms with van der Waals surface area (Å²) in [5, 5.41) is 0. The van der Waals surface area contributed by atoms with Gasteiger partial charge in [-0.1, -0.05) is 0 Å². The fourth-order valence-electron chi connectivity index (χ4n) is 0. The van der Waals surface area contributed by atoms with Gasteiger partial charge in [0.25, 0.3) is 0 Å². The predicted octanol–water partition coefficient (Wildman–Crippen LogP) is 0.178. The molecular weight excluding hydrogens is 130 g/mol. The van der Waals surface area contributed by atoms with Crippen LogP contribution in [0.1, 0.15) is 13.8 Å². The van der Waals surface area contributed by atoms with Crippen LogP contribution in [-0.2, 0) is 16.4 Å². The van der Waals surface area contributed by atoms with E-state index in [4.69, 9.17) is 0 Å². The van der Waals surface area contributed by atoms with E-state index >= 15 is 0 Å². The Morgan fingerprint density at radius 2 is 1.80 bits per heavy atom. The molecule has 0 aromatic carbocycles. The molecule has 0 aliphatic rings. The van der Waals surface area contributed by atoms with Crippen LogP contribution in [0.2, 0.25) is 4.51 Å². The van der Waals surface area contributed by atoms with E-state index < -0.39 is 0 Å². The molecule has 0 unspecified atom stereocenters. The van der Waals surface area contributed by atoms with Crippen LogP contribution in [0.25, 0.3) is 0 Å². The minimum absolute atomic E-state index is 0.153. The average Bonchev–Trinajstić information content (AvgIpc) is 1.38. The van der Waals surface area contributed by atoms with Crippen LogP contribution < -0.4 is 0 Å². The van der Waals surface area contributed by atoms with Gasteiger partial charge in [0.05, 0.1) is 0 Å². The van der Waals surface area contributed by atoms with Gasteiger partial charge < -0.3 is 0 Å². The molecule has 0 radical (unpaired) electrons. The molecule has 0 aliphatic heterocycles. The summed E-state index contributed by atoms with van der Waals surface area (Å²) in [6, 6.07) is 0. The Kier molecular flexibility index (Phi) is 3.56. The van der Waals surface area contributed by atoms with E-state index in [9.17, 15) is 0 Å². The number of hydrogen-bond acceptors (Lipinski definition) is 0. The van der Waals surface area contributed by atoms with Gasteiger partial charge in [-0.05, 0) is 0 Å². The third kappa shape index (κ3) is 4.84. The first kappa shape index (κ1) is 5.84. The summed E-state index contributed by atoms with van der Waals surface area (Å²) in [7, 11) is 1.56. The first-order chi connectivity index (χ1) is 2.27. The standard InChI is InChI=1S/C3H7.H3Si.Zn/c1-3-2;;/h3H,1-2H3;1H3;. The van der Waals surface area contributed by atoms with E-state index in [0.29, 0.717) is 0 Å². The molecule has 0 saturated heterocycles. The molecule has 0 heterocycles. The minimum atomic E-state index is 0.153. The van der Waals surface area contributed by atoms with Crippen molar-refractivity contribution in [1.29, 1.82) is 0 Å². The van der Waals surface area contributed by atoms with Crippen molar-refractivity contribution in [3.8, 4) is 0 Å². The Hall–Kier alpha value is 0.840. The van der Waals surface area contributed by atoms with Crippen molar-refractivity contribution in [3.05, 3.63) is 0 Å². The first-order valence-electron chi connectivity index (χ1n) is 2.27. The maximum absolute atomic E-state index is 2.34. The third-order valence-electron chi connectivity index (χ3n) is 0.816. The second kappa shape index (κ2) is 3.05. The van der Waals surface area contributed by atoms with Gasteiger partial charge >= 0.3 is 43.3 Å². The van der Waals surface area contributed by atoms with Crippen molar-refractivity contribution in [2.45, 2.75) is 18.4 Å². The molecule has 0 amide bonds. The number of rotatable bonds is 1. The van der Waals surface area contributed by atoms with Crippen LogP contribution in [0.3, 0.4) is 0 Å². The first-order valence-corrected chi connectivity index (χ1v) is 14.3. The van der Waals surface area contributed by atoms with Gasteiger partial charge in [-0.15, -0.1) is 0 Å². The van der Waals surface area contributed by atoms with Crippen molar-refractivity contribution in [3.63, 3.8) is 0 Å².